The average molecular weight is 331 g/mol. The fraction of sp³-hybridized carbons (Fsp3) is 0.632. The molecule has 24 heavy (non-hydrogen) atoms. The molecule has 132 valence electrons. The molecule has 1 heterocycles. The number of amides is 2. The van der Waals surface area contributed by atoms with Crippen LogP contribution in [0, 0.1) is 0 Å². The smallest absolute Gasteiger partial charge is 0.314 e. The third-order valence-corrected chi connectivity index (χ3v) is 5.32. The molecule has 1 saturated heterocycles. The van der Waals surface area contributed by atoms with Crippen molar-refractivity contribution in [3.8, 4) is 0 Å². The number of hydrogen-bond acceptors (Lipinski definition) is 3. The normalized spacial score (nSPS) is 20.2. The second kappa shape index (κ2) is 8.49. The van der Waals surface area contributed by atoms with Crippen LogP contribution in [0.5, 0.6) is 0 Å². The van der Waals surface area contributed by atoms with Gasteiger partial charge < -0.3 is 15.4 Å². The maximum atomic E-state index is 12.1. The van der Waals surface area contributed by atoms with Gasteiger partial charge in [-0.1, -0.05) is 36.8 Å². The Morgan fingerprint density at radius 1 is 1.12 bits per heavy atom. The van der Waals surface area contributed by atoms with Crippen LogP contribution in [0.1, 0.15) is 31.2 Å². The summed E-state index contributed by atoms with van der Waals surface area (Å²) in [6, 6.07) is 10.5. The molecule has 1 aliphatic heterocycles. The highest BCUT2D eigenvalue weighted by Crippen LogP contribution is 2.43. The molecule has 1 aliphatic carbocycles. The summed E-state index contributed by atoms with van der Waals surface area (Å²) in [5, 5.41) is 6.07. The molecule has 2 aliphatic rings. The largest absolute Gasteiger partial charge is 0.379 e. The Kier molecular flexibility index (Phi) is 6.10. The second-order valence-corrected chi connectivity index (χ2v) is 6.92. The SMILES string of the molecule is O=C(NCCCN1CCOCC1)NCC1(c2ccccc2)CCC1. The van der Waals surface area contributed by atoms with Gasteiger partial charge in [-0.25, -0.2) is 4.79 Å². The average Bonchev–Trinajstić information content (AvgIpc) is 2.60. The molecule has 0 aromatic heterocycles. The van der Waals surface area contributed by atoms with E-state index in [1.54, 1.807) is 0 Å². The van der Waals surface area contributed by atoms with Gasteiger partial charge in [-0.05, 0) is 31.4 Å². The minimum Gasteiger partial charge on any atom is -0.379 e. The van der Waals surface area contributed by atoms with E-state index in [0.29, 0.717) is 0 Å². The molecule has 0 spiro atoms. The predicted molar refractivity (Wildman–Crippen MR) is 95.2 cm³/mol. The van der Waals surface area contributed by atoms with Gasteiger partial charge >= 0.3 is 6.03 Å². The number of benzene rings is 1. The summed E-state index contributed by atoms with van der Waals surface area (Å²) in [5.74, 6) is 0. The number of morpholine rings is 1. The molecule has 1 saturated carbocycles. The van der Waals surface area contributed by atoms with Crippen molar-refractivity contribution in [2.75, 3.05) is 45.9 Å². The Balaban J connectivity index is 1.34. The van der Waals surface area contributed by atoms with Crippen LogP contribution in [0.2, 0.25) is 0 Å². The van der Waals surface area contributed by atoms with E-state index in [1.807, 2.05) is 6.07 Å². The van der Waals surface area contributed by atoms with Gasteiger partial charge in [0.2, 0.25) is 0 Å². The Morgan fingerprint density at radius 3 is 2.54 bits per heavy atom. The lowest BCUT2D eigenvalue weighted by Crippen LogP contribution is -2.48. The van der Waals surface area contributed by atoms with Crippen LogP contribution in [0.4, 0.5) is 4.79 Å². The molecule has 0 radical (unpaired) electrons. The van der Waals surface area contributed by atoms with Crippen LogP contribution in [0.25, 0.3) is 0 Å². The summed E-state index contributed by atoms with van der Waals surface area (Å²) < 4.78 is 5.34. The van der Waals surface area contributed by atoms with Crippen molar-refractivity contribution in [1.82, 2.24) is 15.5 Å². The number of nitrogens with one attached hydrogen (secondary N) is 2. The van der Waals surface area contributed by atoms with Gasteiger partial charge in [0.05, 0.1) is 13.2 Å². The number of hydrogen-bond donors (Lipinski definition) is 2. The summed E-state index contributed by atoms with van der Waals surface area (Å²) in [5.41, 5.74) is 1.50. The Labute approximate surface area is 144 Å². The van der Waals surface area contributed by atoms with Gasteiger partial charge in [-0.2, -0.15) is 0 Å². The minimum absolute atomic E-state index is 0.0424. The first-order chi connectivity index (χ1) is 11.8. The Morgan fingerprint density at radius 2 is 1.88 bits per heavy atom. The molecule has 0 unspecified atom stereocenters. The summed E-state index contributed by atoms with van der Waals surface area (Å²) >= 11 is 0. The highest BCUT2D eigenvalue weighted by molar-refractivity contribution is 5.74. The standard InChI is InChI=1S/C19H29N3O2/c23-18(20-10-5-11-22-12-14-24-15-13-22)21-16-19(8-4-9-19)17-6-2-1-3-7-17/h1-3,6-7H,4-5,8-16H2,(H2,20,21,23). The van der Waals surface area contributed by atoms with Crippen molar-refractivity contribution < 1.29 is 9.53 Å². The summed E-state index contributed by atoms with van der Waals surface area (Å²) in [6.07, 6.45) is 4.55. The fourth-order valence-corrected chi connectivity index (χ4v) is 3.60. The Hall–Kier alpha value is -1.59. The van der Waals surface area contributed by atoms with E-state index in [4.69, 9.17) is 4.74 Å². The van der Waals surface area contributed by atoms with Crippen molar-refractivity contribution in [2.45, 2.75) is 31.1 Å². The van der Waals surface area contributed by atoms with E-state index in [0.717, 1.165) is 65.2 Å². The first-order valence-corrected chi connectivity index (χ1v) is 9.16. The molecule has 2 N–H and O–H groups in total. The molecule has 5 heteroatoms. The number of rotatable bonds is 7. The number of nitrogens with zero attached hydrogens (tertiary/aromatic N) is 1. The van der Waals surface area contributed by atoms with E-state index in [2.05, 4.69) is 39.8 Å². The van der Waals surface area contributed by atoms with Crippen molar-refractivity contribution in [3.63, 3.8) is 0 Å². The van der Waals surface area contributed by atoms with E-state index in [1.165, 1.54) is 12.0 Å². The molecular weight excluding hydrogens is 302 g/mol. The van der Waals surface area contributed by atoms with Gasteiger partial charge in [-0.3, -0.25) is 4.90 Å². The maximum Gasteiger partial charge on any atom is 0.314 e. The molecule has 5 nitrogen and oxygen atoms in total. The Bertz CT molecular complexity index is 511. The number of carbonyl (C=O) groups excluding carboxylic acids is 1. The first kappa shape index (κ1) is 17.2. The van der Waals surface area contributed by atoms with Gasteiger partial charge in [-0.15, -0.1) is 0 Å². The second-order valence-electron chi connectivity index (χ2n) is 6.92. The first-order valence-electron chi connectivity index (χ1n) is 9.16. The van der Waals surface area contributed by atoms with E-state index in [-0.39, 0.29) is 11.4 Å². The fourth-order valence-electron chi connectivity index (χ4n) is 3.60. The highest BCUT2D eigenvalue weighted by Gasteiger charge is 2.38. The van der Waals surface area contributed by atoms with Gasteiger partial charge in [0, 0.05) is 31.6 Å². The number of urea groups is 1. The lowest BCUT2D eigenvalue weighted by molar-refractivity contribution is 0.0375. The molecule has 0 bridgehead atoms. The zero-order chi connectivity index (χ0) is 16.7. The molecule has 1 aromatic carbocycles. The third-order valence-electron chi connectivity index (χ3n) is 5.32. The monoisotopic (exact) mass is 331 g/mol. The number of carbonyl (C=O) groups is 1. The maximum absolute atomic E-state index is 12.1. The van der Waals surface area contributed by atoms with Crippen LogP contribution in [-0.2, 0) is 10.2 Å². The van der Waals surface area contributed by atoms with E-state index in [9.17, 15) is 4.79 Å². The van der Waals surface area contributed by atoms with Crippen LogP contribution in [0.15, 0.2) is 30.3 Å². The summed E-state index contributed by atoms with van der Waals surface area (Å²) in [6.45, 7) is 6.15. The van der Waals surface area contributed by atoms with E-state index < -0.39 is 0 Å². The van der Waals surface area contributed by atoms with Crippen molar-refractivity contribution in [1.29, 1.82) is 0 Å². The van der Waals surface area contributed by atoms with Crippen LogP contribution >= 0.6 is 0 Å². The van der Waals surface area contributed by atoms with Crippen molar-refractivity contribution in [3.05, 3.63) is 35.9 Å². The molecule has 2 amide bonds. The predicted octanol–water partition coefficient (Wildman–Crippen LogP) is 2.13. The van der Waals surface area contributed by atoms with Crippen molar-refractivity contribution >= 4 is 6.03 Å². The van der Waals surface area contributed by atoms with E-state index >= 15 is 0 Å². The molecule has 0 atom stereocenters. The zero-order valence-electron chi connectivity index (χ0n) is 14.4. The van der Waals surface area contributed by atoms with Crippen LogP contribution < -0.4 is 10.6 Å². The summed E-state index contributed by atoms with van der Waals surface area (Å²) in [4.78, 5) is 14.4. The summed E-state index contributed by atoms with van der Waals surface area (Å²) in [7, 11) is 0. The topological polar surface area (TPSA) is 53.6 Å². The molecule has 1 aromatic rings. The van der Waals surface area contributed by atoms with Gasteiger partial charge in [0.15, 0.2) is 0 Å². The van der Waals surface area contributed by atoms with Crippen LogP contribution in [0.3, 0.4) is 0 Å². The third kappa shape index (κ3) is 4.48. The molecular formula is C19H29N3O2. The highest BCUT2D eigenvalue weighted by atomic mass is 16.5. The molecule has 3 rings (SSSR count). The number of ether oxygens (including phenoxy) is 1. The van der Waals surface area contributed by atoms with Crippen molar-refractivity contribution in [2.24, 2.45) is 0 Å². The molecule has 2 fully saturated rings. The van der Waals surface area contributed by atoms with Gasteiger partial charge in [0.1, 0.15) is 0 Å². The lowest BCUT2D eigenvalue weighted by atomic mass is 9.64. The van der Waals surface area contributed by atoms with Crippen LogP contribution in [-0.4, -0.2) is 56.9 Å². The lowest BCUT2D eigenvalue weighted by Gasteiger charge is -2.42. The quantitative estimate of drug-likeness (QED) is 0.753. The zero-order valence-corrected chi connectivity index (χ0v) is 14.4. The minimum atomic E-state index is -0.0424. The van der Waals surface area contributed by atoms with Gasteiger partial charge in [0.25, 0.3) is 0 Å².